The molecule has 4 N–H and O–H groups in total. The maximum atomic E-state index is 11.8. The van der Waals surface area contributed by atoms with Crippen LogP contribution in [0.1, 0.15) is 18.3 Å². The molecule has 0 fully saturated rings. The first-order chi connectivity index (χ1) is 12.1. The molecular formula is C17H17N7O. The van der Waals surface area contributed by atoms with Crippen LogP contribution in [0.3, 0.4) is 0 Å². The molecule has 0 saturated heterocycles. The maximum absolute atomic E-state index is 11.8. The van der Waals surface area contributed by atoms with Crippen LogP contribution in [-0.2, 0) is 6.42 Å². The predicted octanol–water partition coefficient (Wildman–Crippen LogP) is 2.65. The highest BCUT2D eigenvalue weighted by Crippen LogP contribution is 2.22. The highest BCUT2D eigenvalue weighted by Gasteiger charge is 2.10. The number of anilines is 2. The Morgan fingerprint density at radius 1 is 1.08 bits per heavy atom. The molecule has 4 rings (SSSR count). The number of nitrogens with zero attached hydrogens (tertiary/aromatic N) is 3. The number of nitrogens with one attached hydrogen (secondary N) is 4. The van der Waals surface area contributed by atoms with Crippen molar-refractivity contribution < 1.29 is 0 Å². The summed E-state index contributed by atoms with van der Waals surface area (Å²) in [4.78, 5) is 21.0. The zero-order valence-corrected chi connectivity index (χ0v) is 13.8. The third-order valence-electron chi connectivity index (χ3n) is 3.94. The fraction of sp³-hybridized carbons (Fsp3) is 0.176. The van der Waals surface area contributed by atoms with Gasteiger partial charge in [-0.1, -0.05) is 6.92 Å². The lowest BCUT2D eigenvalue weighted by molar-refractivity contribution is 1.00. The lowest BCUT2D eigenvalue weighted by Gasteiger charge is -2.08. The lowest BCUT2D eigenvalue weighted by Crippen LogP contribution is -2.02. The van der Waals surface area contributed by atoms with E-state index in [4.69, 9.17) is 0 Å². The Bertz CT molecular complexity index is 1110. The summed E-state index contributed by atoms with van der Waals surface area (Å²) in [5.74, 6) is 1.93. The molecule has 8 heteroatoms. The van der Waals surface area contributed by atoms with Crippen LogP contribution in [0, 0.1) is 6.92 Å². The van der Waals surface area contributed by atoms with Crippen molar-refractivity contribution in [2.45, 2.75) is 20.3 Å². The Kier molecular flexibility index (Phi) is 3.57. The fourth-order valence-electron chi connectivity index (χ4n) is 2.66. The van der Waals surface area contributed by atoms with Crippen molar-refractivity contribution in [3.05, 3.63) is 52.1 Å². The molecule has 0 amide bonds. The number of fused-ring (bicyclic) bond motifs is 1. The molecular weight excluding hydrogens is 318 g/mol. The summed E-state index contributed by atoms with van der Waals surface area (Å²) in [6.07, 6.45) is 0.775. The summed E-state index contributed by atoms with van der Waals surface area (Å²) in [5, 5.41) is 16.2. The van der Waals surface area contributed by atoms with Crippen molar-refractivity contribution >= 4 is 22.5 Å². The van der Waals surface area contributed by atoms with E-state index in [-0.39, 0.29) is 5.56 Å². The molecule has 25 heavy (non-hydrogen) atoms. The van der Waals surface area contributed by atoms with Crippen LogP contribution < -0.4 is 10.9 Å². The van der Waals surface area contributed by atoms with Gasteiger partial charge in [0, 0.05) is 29.1 Å². The Morgan fingerprint density at radius 2 is 1.96 bits per heavy atom. The van der Waals surface area contributed by atoms with E-state index in [0.717, 1.165) is 28.9 Å². The Balaban J connectivity index is 1.78. The fourth-order valence-corrected chi connectivity index (χ4v) is 2.66. The van der Waals surface area contributed by atoms with Gasteiger partial charge in [0.05, 0.1) is 10.9 Å². The Morgan fingerprint density at radius 3 is 2.72 bits per heavy atom. The van der Waals surface area contributed by atoms with Crippen molar-refractivity contribution in [1.82, 2.24) is 30.4 Å². The topological polar surface area (TPSA) is 115 Å². The molecule has 4 aromatic rings. The van der Waals surface area contributed by atoms with E-state index in [1.165, 1.54) is 0 Å². The Hall–Kier alpha value is -3.42. The van der Waals surface area contributed by atoms with Crippen molar-refractivity contribution in [2.75, 3.05) is 5.32 Å². The smallest absolute Gasteiger partial charge is 0.271 e. The summed E-state index contributed by atoms with van der Waals surface area (Å²) in [6, 6.07) is 9.33. The second kappa shape index (κ2) is 5.90. The number of aromatic amines is 3. The number of hydrogen-bond acceptors (Lipinski definition) is 5. The zero-order valence-electron chi connectivity index (χ0n) is 13.8. The van der Waals surface area contributed by atoms with Gasteiger partial charge in [-0.05, 0) is 31.5 Å². The van der Waals surface area contributed by atoms with E-state index in [1.807, 2.05) is 38.1 Å². The summed E-state index contributed by atoms with van der Waals surface area (Å²) in [7, 11) is 0. The van der Waals surface area contributed by atoms with Crippen molar-refractivity contribution in [3.8, 4) is 11.4 Å². The number of H-pyrrole nitrogens is 3. The van der Waals surface area contributed by atoms with Crippen molar-refractivity contribution in [3.63, 3.8) is 0 Å². The molecule has 0 unspecified atom stereocenters. The van der Waals surface area contributed by atoms with Gasteiger partial charge in [0.1, 0.15) is 5.82 Å². The van der Waals surface area contributed by atoms with Crippen LogP contribution in [-0.4, -0.2) is 30.4 Å². The molecule has 0 saturated carbocycles. The van der Waals surface area contributed by atoms with Crippen LogP contribution in [0.15, 0.2) is 35.1 Å². The molecule has 0 bridgehead atoms. The molecule has 8 nitrogen and oxygen atoms in total. The second-order valence-electron chi connectivity index (χ2n) is 5.82. The maximum Gasteiger partial charge on any atom is 0.271 e. The number of rotatable bonds is 4. The summed E-state index contributed by atoms with van der Waals surface area (Å²) in [6.45, 7) is 3.97. The molecule has 0 aliphatic heterocycles. The first-order valence-corrected chi connectivity index (χ1v) is 8.00. The van der Waals surface area contributed by atoms with Gasteiger partial charge >= 0.3 is 0 Å². The van der Waals surface area contributed by atoms with Crippen LogP contribution in [0.5, 0.6) is 0 Å². The Labute approximate surface area is 142 Å². The summed E-state index contributed by atoms with van der Waals surface area (Å²) < 4.78 is 0. The lowest BCUT2D eigenvalue weighted by atomic mass is 10.1. The van der Waals surface area contributed by atoms with Crippen LogP contribution >= 0.6 is 0 Å². The second-order valence-corrected chi connectivity index (χ2v) is 5.82. The van der Waals surface area contributed by atoms with Gasteiger partial charge in [-0.2, -0.15) is 5.10 Å². The van der Waals surface area contributed by atoms with E-state index in [1.54, 1.807) is 6.07 Å². The number of aromatic nitrogens is 6. The third kappa shape index (κ3) is 2.89. The number of benzene rings is 1. The molecule has 3 aromatic heterocycles. The quantitative estimate of drug-likeness (QED) is 0.458. The molecule has 0 aliphatic carbocycles. The van der Waals surface area contributed by atoms with Gasteiger partial charge in [-0.3, -0.25) is 20.1 Å². The minimum Gasteiger partial charge on any atom is -0.323 e. The molecule has 1 aromatic carbocycles. The van der Waals surface area contributed by atoms with E-state index in [0.29, 0.717) is 22.8 Å². The van der Waals surface area contributed by atoms with Crippen molar-refractivity contribution in [1.29, 1.82) is 0 Å². The highest BCUT2D eigenvalue weighted by atomic mass is 16.1. The van der Waals surface area contributed by atoms with Crippen LogP contribution in [0.4, 0.5) is 11.6 Å². The summed E-state index contributed by atoms with van der Waals surface area (Å²) >= 11 is 0. The van der Waals surface area contributed by atoms with Crippen molar-refractivity contribution in [2.24, 2.45) is 0 Å². The van der Waals surface area contributed by atoms with Crippen LogP contribution in [0.2, 0.25) is 0 Å². The van der Waals surface area contributed by atoms with Gasteiger partial charge in [0.25, 0.3) is 5.56 Å². The first kappa shape index (κ1) is 15.1. The molecule has 0 spiro atoms. The minimum atomic E-state index is -0.158. The summed E-state index contributed by atoms with van der Waals surface area (Å²) in [5.41, 5.74) is 3.25. The number of aryl methyl sites for hydroxylation is 2. The van der Waals surface area contributed by atoms with E-state index in [2.05, 4.69) is 35.7 Å². The van der Waals surface area contributed by atoms with Gasteiger partial charge in [-0.25, -0.2) is 9.97 Å². The van der Waals surface area contributed by atoms with Gasteiger partial charge in [0.15, 0.2) is 11.6 Å². The molecule has 0 atom stereocenters. The predicted molar refractivity (Wildman–Crippen MR) is 95.9 cm³/mol. The van der Waals surface area contributed by atoms with Crippen LogP contribution in [0.25, 0.3) is 22.3 Å². The standard InChI is InChI=1S/C17H17N7O/c1-3-11-8-14(19-15-6-9(2)21-23-15)20-16(18-11)10-4-5-13-12(7-10)17(25)24-22-13/h4-8H,3H2,1-2H3,(H2,22,24,25)(H2,18,19,20,21,23). The normalized spacial score (nSPS) is 11.1. The molecule has 0 aliphatic rings. The largest absolute Gasteiger partial charge is 0.323 e. The van der Waals surface area contributed by atoms with E-state index >= 15 is 0 Å². The van der Waals surface area contributed by atoms with Gasteiger partial charge in [0.2, 0.25) is 0 Å². The monoisotopic (exact) mass is 335 g/mol. The number of hydrogen-bond donors (Lipinski definition) is 4. The van der Waals surface area contributed by atoms with E-state index in [9.17, 15) is 4.79 Å². The third-order valence-corrected chi connectivity index (χ3v) is 3.94. The van der Waals surface area contributed by atoms with Gasteiger partial charge < -0.3 is 5.32 Å². The average molecular weight is 335 g/mol. The minimum absolute atomic E-state index is 0.158. The first-order valence-electron chi connectivity index (χ1n) is 8.00. The highest BCUT2D eigenvalue weighted by molar-refractivity contribution is 5.82. The molecule has 3 heterocycles. The molecule has 126 valence electrons. The van der Waals surface area contributed by atoms with Gasteiger partial charge in [-0.15, -0.1) is 0 Å². The molecule has 0 radical (unpaired) electrons. The average Bonchev–Trinajstić information content (AvgIpc) is 3.20. The SMILES string of the molecule is CCc1cc(Nc2cc(C)[nH]n2)nc(-c2ccc3[nH][nH]c(=O)c3c2)n1. The van der Waals surface area contributed by atoms with E-state index < -0.39 is 0 Å². The zero-order chi connectivity index (χ0) is 17.4.